The molecular weight excluding hydrogens is 202 g/mol. The minimum Gasteiger partial charge on any atom is -0.399 e. The van der Waals surface area contributed by atoms with Gasteiger partial charge in [-0.15, -0.1) is 0 Å². The predicted molar refractivity (Wildman–Crippen MR) is 66.3 cm³/mol. The highest BCUT2D eigenvalue weighted by atomic mass is 17.1. The highest BCUT2D eigenvalue weighted by molar-refractivity contribution is 5.41. The molecule has 3 heteroatoms. The van der Waals surface area contributed by atoms with Crippen LogP contribution in [-0.4, -0.2) is 11.9 Å². The molecule has 0 atom stereocenters. The van der Waals surface area contributed by atoms with Crippen LogP contribution in [0.3, 0.4) is 0 Å². The predicted octanol–water partition coefficient (Wildman–Crippen LogP) is 3.21. The van der Waals surface area contributed by atoms with Gasteiger partial charge in [-0.05, 0) is 42.9 Å². The fourth-order valence-corrected chi connectivity index (χ4v) is 1.88. The zero-order valence-electron chi connectivity index (χ0n) is 10.1. The van der Waals surface area contributed by atoms with Gasteiger partial charge in [-0.1, -0.05) is 25.5 Å². The second-order valence-corrected chi connectivity index (χ2v) is 4.45. The smallest absolute Gasteiger partial charge is 0.0791 e. The third-order valence-corrected chi connectivity index (χ3v) is 3.19. The number of anilines is 1. The molecule has 1 saturated carbocycles. The van der Waals surface area contributed by atoms with Crippen LogP contribution in [0.2, 0.25) is 0 Å². The molecule has 1 aliphatic rings. The molecule has 0 bridgehead atoms. The molecule has 0 aromatic heterocycles. The molecule has 1 aliphatic carbocycles. The Hall–Kier alpha value is -1.06. The van der Waals surface area contributed by atoms with Gasteiger partial charge >= 0.3 is 0 Å². The molecule has 1 aromatic rings. The lowest BCUT2D eigenvalue weighted by Gasteiger charge is -2.39. The number of benzene rings is 1. The molecule has 0 heterocycles. The van der Waals surface area contributed by atoms with Gasteiger partial charge in [-0.2, -0.15) is 0 Å². The third-order valence-electron chi connectivity index (χ3n) is 3.19. The van der Waals surface area contributed by atoms with Crippen molar-refractivity contribution < 1.29 is 10.1 Å². The van der Waals surface area contributed by atoms with Crippen molar-refractivity contribution in [1.29, 1.82) is 0 Å². The van der Waals surface area contributed by atoms with E-state index in [-0.39, 0.29) is 0 Å². The summed E-state index contributed by atoms with van der Waals surface area (Å²) in [5.74, 6) is 0. The molecule has 0 saturated heterocycles. The summed E-state index contributed by atoms with van der Waals surface area (Å²) in [4.78, 5) is 3.54. The molecule has 1 fully saturated rings. The van der Waals surface area contributed by atoms with E-state index in [0.717, 1.165) is 5.69 Å². The van der Waals surface area contributed by atoms with Crippen LogP contribution in [0, 0.1) is 0 Å². The summed E-state index contributed by atoms with van der Waals surface area (Å²) < 4.78 is 0. The maximum Gasteiger partial charge on any atom is 0.0791 e. The normalized spacial score (nSPS) is 16.9. The number of nitrogen functional groups attached to an aromatic ring is 1. The molecule has 0 aliphatic heterocycles. The summed E-state index contributed by atoms with van der Waals surface area (Å²) in [6.07, 6.45) is 4.04. The molecule has 0 amide bonds. The highest BCUT2D eigenvalue weighted by Gasteiger charge is 2.33. The van der Waals surface area contributed by atoms with E-state index in [2.05, 4.69) is 23.9 Å². The monoisotopic (exact) mass is 223 g/mol. The van der Waals surface area contributed by atoms with E-state index in [9.17, 15) is 0 Å². The molecule has 1 aromatic carbocycles. The van der Waals surface area contributed by atoms with Crippen molar-refractivity contribution >= 4 is 5.69 Å². The van der Waals surface area contributed by atoms with Crippen molar-refractivity contribution in [1.82, 2.24) is 0 Å². The Balaban J connectivity index is 0.000000280. The quantitative estimate of drug-likeness (QED) is 0.460. The van der Waals surface area contributed by atoms with Crippen LogP contribution in [0.4, 0.5) is 5.69 Å². The van der Waals surface area contributed by atoms with Crippen LogP contribution in [0.5, 0.6) is 0 Å². The lowest BCUT2D eigenvalue weighted by atomic mass is 9.66. The van der Waals surface area contributed by atoms with Gasteiger partial charge in [-0.25, -0.2) is 4.89 Å². The Bertz CT molecular complexity index is 302. The van der Waals surface area contributed by atoms with Crippen LogP contribution >= 0.6 is 0 Å². The first-order valence-electron chi connectivity index (χ1n) is 5.75. The van der Waals surface area contributed by atoms with E-state index in [4.69, 9.17) is 11.0 Å². The van der Waals surface area contributed by atoms with Gasteiger partial charge in [0.15, 0.2) is 0 Å². The van der Waals surface area contributed by atoms with Crippen LogP contribution in [0.15, 0.2) is 24.3 Å². The van der Waals surface area contributed by atoms with Gasteiger partial charge < -0.3 is 5.73 Å². The van der Waals surface area contributed by atoms with Gasteiger partial charge in [0.2, 0.25) is 0 Å². The molecule has 0 unspecified atom stereocenters. The van der Waals surface area contributed by atoms with Crippen molar-refractivity contribution in [2.45, 2.75) is 38.5 Å². The first kappa shape index (κ1) is 13.0. The second-order valence-electron chi connectivity index (χ2n) is 4.45. The van der Waals surface area contributed by atoms with Crippen molar-refractivity contribution in [3.05, 3.63) is 29.8 Å². The molecule has 3 nitrogen and oxygen atoms in total. The lowest BCUT2D eigenvalue weighted by Crippen LogP contribution is -2.30. The molecule has 0 radical (unpaired) electrons. The molecule has 16 heavy (non-hydrogen) atoms. The molecule has 2 rings (SSSR count). The zero-order chi connectivity index (χ0) is 12.0. The number of hydrogen-bond donors (Lipinski definition) is 2. The fourth-order valence-electron chi connectivity index (χ4n) is 1.88. The Labute approximate surface area is 97.2 Å². The van der Waals surface area contributed by atoms with E-state index >= 15 is 0 Å². The summed E-state index contributed by atoms with van der Waals surface area (Å²) in [5.41, 5.74) is 8.39. The topological polar surface area (TPSA) is 55.5 Å². The largest absolute Gasteiger partial charge is 0.399 e. The average Bonchev–Trinajstić information content (AvgIpc) is 2.27. The minimum absolute atomic E-state index is 0.375. The van der Waals surface area contributed by atoms with Gasteiger partial charge in [0.25, 0.3) is 0 Å². The Morgan fingerprint density at radius 2 is 1.81 bits per heavy atom. The maximum absolute atomic E-state index is 7.38. The van der Waals surface area contributed by atoms with E-state index < -0.39 is 0 Å². The Morgan fingerprint density at radius 1 is 1.31 bits per heavy atom. The van der Waals surface area contributed by atoms with Crippen molar-refractivity contribution in [2.24, 2.45) is 0 Å². The van der Waals surface area contributed by atoms with Crippen LogP contribution in [-0.2, 0) is 10.3 Å². The first-order valence-corrected chi connectivity index (χ1v) is 5.75. The zero-order valence-corrected chi connectivity index (χ0v) is 10.1. The molecule has 3 N–H and O–H groups in total. The molecular formula is C13H21NO2. The molecule has 0 spiro atoms. The van der Waals surface area contributed by atoms with Gasteiger partial charge in [0.05, 0.1) is 6.61 Å². The van der Waals surface area contributed by atoms with E-state index in [1.807, 2.05) is 12.1 Å². The van der Waals surface area contributed by atoms with E-state index in [1.165, 1.54) is 24.8 Å². The summed E-state index contributed by atoms with van der Waals surface area (Å²) in [5, 5.41) is 7.38. The Kier molecular flexibility index (Phi) is 4.77. The SMILES string of the molecule is CC1(c2ccc(N)cc2)CCC1.CCOO. The van der Waals surface area contributed by atoms with Crippen LogP contribution in [0.1, 0.15) is 38.7 Å². The van der Waals surface area contributed by atoms with Crippen molar-refractivity contribution in [3.63, 3.8) is 0 Å². The standard InChI is InChI=1S/C11H15N.C2H6O2/c1-11(7-2-8-11)9-3-5-10(12)6-4-9;1-2-4-3/h3-6H,2,7-8,12H2,1H3;3H,2H2,1H3. The highest BCUT2D eigenvalue weighted by Crippen LogP contribution is 2.43. The van der Waals surface area contributed by atoms with Crippen molar-refractivity contribution in [2.75, 3.05) is 12.3 Å². The maximum atomic E-state index is 7.38. The summed E-state index contributed by atoms with van der Waals surface area (Å²) >= 11 is 0. The number of nitrogens with two attached hydrogens (primary N) is 1. The summed E-state index contributed by atoms with van der Waals surface area (Å²) in [7, 11) is 0. The van der Waals surface area contributed by atoms with Crippen LogP contribution in [0.25, 0.3) is 0 Å². The number of rotatable bonds is 2. The van der Waals surface area contributed by atoms with Crippen molar-refractivity contribution in [3.8, 4) is 0 Å². The average molecular weight is 223 g/mol. The fraction of sp³-hybridized carbons (Fsp3) is 0.538. The second kappa shape index (κ2) is 5.87. The minimum atomic E-state index is 0.375. The van der Waals surface area contributed by atoms with Gasteiger partial charge in [-0.3, -0.25) is 5.26 Å². The summed E-state index contributed by atoms with van der Waals surface area (Å²) in [6.45, 7) is 4.42. The summed E-state index contributed by atoms with van der Waals surface area (Å²) in [6, 6.07) is 8.32. The first-order chi connectivity index (χ1) is 7.62. The van der Waals surface area contributed by atoms with E-state index in [0.29, 0.717) is 12.0 Å². The lowest BCUT2D eigenvalue weighted by molar-refractivity contribution is -0.237. The van der Waals surface area contributed by atoms with Gasteiger partial charge in [0.1, 0.15) is 0 Å². The number of hydrogen-bond acceptors (Lipinski definition) is 3. The van der Waals surface area contributed by atoms with E-state index in [1.54, 1.807) is 6.92 Å². The molecule has 90 valence electrons. The third kappa shape index (κ3) is 3.22. The Morgan fingerprint density at radius 3 is 2.12 bits per heavy atom. The van der Waals surface area contributed by atoms with Gasteiger partial charge in [0, 0.05) is 5.69 Å². The van der Waals surface area contributed by atoms with Crippen LogP contribution < -0.4 is 5.73 Å².